The standard InChI is InChI=1S/C6H11ClO3S/c1-11(9,10)6(7)5(8)4-2-3-4/h4-6,8H,2-3H2,1H3/t5-,6+/m1/s1. The molecule has 2 atom stereocenters. The van der Waals surface area contributed by atoms with Crippen molar-refractivity contribution in [1.29, 1.82) is 0 Å². The van der Waals surface area contributed by atoms with Gasteiger partial charge in [-0.25, -0.2) is 8.42 Å². The summed E-state index contributed by atoms with van der Waals surface area (Å²) in [7, 11) is -3.29. The first kappa shape index (κ1) is 9.29. The maximum Gasteiger partial charge on any atom is 0.166 e. The van der Waals surface area contributed by atoms with Crippen LogP contribution in [0.3, 0.4) is 0 Å². The average Bonchev–Trinajstić information content (AvgIpc) is 2.63. The van der Waals surface area contributed by atoms with E-state index in [4.69, 9.17) is 11.6 Å². The van der Waals surface area contributed by atoms with Gasteiger partial charge in [0.25, 0.3) is 0 Å². The molecule has 1 aliphatic rings. The van der Waals surface area contributed by atoms with E-state index in [1.54, 1.807) is 0 Å². The summed E-state index contributed by atoms with van der Waals surface area (Å²) in [4.78, 5) is 0. The summed E-state index contributed by atoms with van der Waals surface area (Å²) < 4.78 is 20.5. The number of hydrogen-bond acceptors (Lipinski definition) is 3. The number of aliphatic hydroxyl groups excluding tert-OH is 1. The zero-order valence-electron chi connectivity index (χ0n) is 6.20. The highest BCUT2D eigenvalue weighted by Gasteiger charge is 2.38. The number of halogens is 1. The van der Waals surface area contributed by atoms with Gasteiger partial charge in [-0.1, -0.05) is 0 Å². The van der Waals surface area contributed by atoms with Gasteiger partial charge in [-0.15, -0.1) is 11.6 Å². The molecule has 1 rings (SSSR count). The average molecular weight is 199 g/mol. The molecule has 3 nitrogen and oxygen atoms in total. The fraction of sp³-hybridized carbons (Fsp3) is 1.00. The van der Waals surface area contributed by atoms with Crippen molar-refractivity contribution in [2.24, 2.45) is 5.92 Å². The highest BCUT2D eigenvalue weighted by molar-refractivity contribution is 7.92. The third kappa shape index (κ3) is 2.32. The summed E-state index contributed by atoms with van der Waals surface area (Å²) in [5.41, 5.74) is 0. The number of hydrogen-bond donors (Lipinski definition) is 1. The van der Waals surface area contributed by atoms with Gasteiger partial charge in [-0.3, -0.25) is 0 Å². The van der Waals surface area contributed by atoms with E-state index in [1.165, 1.54) is 0 Å². The lowest BCUT2D eigenvalue weighted by Crippen LogP contribution is -2.29. The maximum atomic E-state index is 10.8. The number of alkyl halides is 1. The van der Waals surface area contributed by atoms with Crippen molar-refractivity contribution >= 4 is 21.4 Å². The van der Waals surface area contributed by atoms with Crippen molar-refractivity contribution in [3.05, 3.63) is 0 Å². The van der Waals surface area contributed by atoms with Crippen LogP contribution in [0.5, 0.6) is 0 Å². The van der Waals surface area contributed by atoms with Crippen LogP contribution in [0.4, 0.5) is 0 Å². The molecule has 0 radical (unpaired) electrons. The quantitative estimate of drug-likeness (QED) is 0.667. The number of aliphatic hydroxyl groups is 1. The molecule has 11 heavy (non-hydrogen) atoms. The first-order valence-corrected chi connectivity index (χ1v) is 5.83. The maximum absolute atomic E-state index is 10.8. The van der Waals surface area contributed by atoms with Gasteiger partial charge in [0.05, 0.1) is 6.10 Å². The van der Waals surface area contributed by atoms with Crippen LogP contribution in [-0.2, 0) is 9.84 Å². The lowest BCUT2D eigenvalue weighted by atomic mass is 10.3. The van der Waals surface area contributed by atoms with Gasteiger partial charge in [0.2, 0.25) is 0 Å². The third-order valence-electron chi connectivity index (χ3n) is 1.78. The lowest BCUT2D eigenvalue weighted by molar-refractivity contribution is 0.164. The SMILES string of the molecule is CS(=O)(=O)[C@H](Cl)[C@H](O)C1CC1. The molecule has 66 valence electrons. The molecule has 0 aromatic heterocycles. The molecule has 0 aliphatic heterocycles. The Morgan fingerprint density at radius 1 is 1.55 bits per heavy atom. The van der Waals surface area contributed by atoms with Gasteiger partial charge < -0.3 is 5.11 Å². The Bertz CT molecular complexity index is 232. The summed E-state index contributed by atoms with van der Waals surface area (Å²) in [5.74, 6) is 0.104. The Balaban J connectivity index is 2.59. The van der Waals surface area contributed by atoms with Crippen molar-refractivity contribution in [1.82, 2.24) is 0 Å². The van der Waals surface area contributed by atoms with Gasteiger partial charge in [0.1, 0.15) is 0 Å². The molecule has 0 bridgehead atoms. The van der Waals surface area contributed by atoms with Crippen LogP contribution in [0.25, 0.3) is 0 Å². The molecule has 1 N–H and O–H groups in total. The molecule has 0 heterocycles. The minimum absolute atomic E-state index is 0.104. The van der Waals surface area contributed by atoms with E-state index in [-0.39, 0.29) is 5.92 Å². The van der Waals surface area contributed by atoms with E-state index >= 15 is 0 Å². The van der Waals surface area contributed by atoms with E-state index in [9.17, 15) is 13.5 Å². The van der Waals surface area contributed by atoms with Gasteiger partial charge in [0, 0.05) is 6.26 Å². The minimum Gasteiger partial charge on any atom is -0.390 e. The van der Waals surface area contributed by atoms with E-state index < -0.39 is 20.7 Å². The Morgan fingerprint density at radius 2 is 2.00 bits per heavy atom. The second kappa shape index (κ2) is 2.92. The van der Waals surface area contributed by atoms with E-state index in [0.29, 0.717) is 0 Å². The van der Waals surface area contributed by atoms with Crippen LogP contribution in [0.1, 0.15) is 12.8 Å². The first-order valence-electron chi connectivity index (χ1n) is 3.44. The number of rotatable bonds is 3. The molecule has 1 aliphatic carbocycles. The largest absolute Gasteiger partial charge is 0.390 e. The van der Waals surface area contributed by atoms with Crippen LogP contribution in [-0.4, -0.2) is 30.6 Å². The Kier molecular flexibility index (Phi) is 2.46. The second-order valence-corrected chi connectivity index (χ2v) is 5.90. The summed E-state index contributed by atoms with van der Waals surface area (Å²) in [6.07, 6.45) is 1.93. The van der Waals surface area contributed by atoms with Crippen LogP contribution >= 0.6 is 11.6 Å². The molecule has 0 amide bonds. The molecule has 0 spiro atoms. The summed E-state index contributed by atoms with van der Waals surface area (Å²) in [5, 5.41) is 9.28. The molecular weight excluding hydrogens is 188 g/mol. The molecule has 0 saturated heterocycles. The van der Waals surface area contributed by atoms with Crippen molar-refractivity contribution in [2.45, 2.75) is 23.7 Å². The Hall–Kier alpha value is 0.200. The number of sulfone groups is 1. The topological polar surface area (TPSA) is 54.4 Å². The monoisotopic (exact) mass is 198 g/mol. The van der Waals surface area contributed by atoms with Crippen LogP contribution in [0.2, 0.25) is 0 Å². The smallest absolute Gasteiger partial charge is 0.166 e. The zero-order valence-corrected chi connectivity index (χ0v) is 7.77. The van der Waals surface area contributed by atoms with Gasteiger partial charge in [-0.2, -0.15) is 0 Å². The molecule has 0 aromatic carbocycles. The van der Waals surface area contributed by atoms with E-state index in [0.717, 1.165) is 19.1 Å². The Morgan fingerprint density at radius 3 is 2.27 bits per heavy atom. The summed E-state index contributed by atoms with van der Waals surface area (Å²) in [6, 6.07) is 0. The van der Waals surface area contributed by atoms with Crippen molar-refractivity contribution < 1.29 is 13.5 Å². The highest BCUT2D eigenvalue weighted by atomic mass is 35.5. The molecule has 1 saturated carbocycles. The Labute approximate surface area is 71.3 Å². The van der Waals surface area contributed by atoms with E-state index in [2.05, 4.69) is 0 Å². The second-order valence-electron chi connectivity index (χ2n) is 3.01. The predicted octanol–water partition coefficient (Wildman–Crippen LogP) is 0.367. The third-order valence-corrected chi connectivity index (χ3v) is 4.11. The molecule has 0 unspecified atom stereocenters. The van der Waals surface area contributed by atoms with Crippen molar-refractivity contribution in [2.75, 3.05) is 6.26 Å². The van der Waals surface area contributed by atoms with Crippen molar-refractivity contribution in [3.8, 4) is 0 Å². The fourth-order valence-electron chi connectivity index (χ4n) is 0.905. The van der Waals surface area contributed by atoms with Gasteiger partial charge in [0.15, 0.2) is 14.5 Å². The van der Waals surface area contributed by atoms with Crippen LogP contribution in [0.15, 0.2) is 0 Å². The van der Waals surface area contributed by atoms with Crippen molar-refractivity contribution in [3.63, 3.8) is 0 Å². The summed E-state index contributed by atoms with van der Waals surface area (Å²) in [6.45, 7) is 0. The zero-order chi connectivity index (χ0) is 8.65. The fourth-order valence-corrected chi connectivity index (χ4v) is 1.84. The molecule has 5 heteroatoms. The minimum atomic E-state index is -3.29. The normalized spacial score (nSPS) is 24.6. The van der Waals surface area contributed by atoms with Crippen LogP contribution < -0.4 is 0 Å². The first-order chi connectivity index (χ1) is 4.93. The van der Waals surface area contributed by atoms with E-state index in [1.807, 2.05) is 0 Å². The molecule has 0 aromatic rings. The molecular formula is C6H11ClO3S. The highest BCUT2D eigenvalue weighted by Crippen LogP contribution is 2.36. The lowest BCUT2D eigenvalue weighted by Gasteiger charge is -2.13. The molecule has 1 fully saturated rings. The van der Waals surface area contributed by atoms with Gasteiger partial charge in [-0.05, 0) is 18.8 Å². The van der Waals surface area contributed by atoms with Gasteiger partial charge >= 0.3 is 0 Å². The van der Waals surface area contributed by atoms with Crippen LogP contribution in [0, 0.1) is 5.92 Å². The predicted molar refractivity (Wildman–Crippen MR) is 43.2 cm³/mol. The summed E-state index contributed by atoms with van der Waals surface area (Å²) >= 11 is 5.50.